The second-order valence-electron chi connectivity index (χ2n) is 8.78. The SMILES string of the molecule is Cc1ccc(Nc2nc(NN=Cc3ccco3)nc(N3CCC(Cc4ccccc4)CC3)n2)cc1.Cl. The van der Waals surface area contributed by atoms with Crippen LogP contribution in [-0.2, 0) is 6.42 Å². The molecule has 2 N–H and O–H groups in total. The van der Waals surface area contributed by atoms with Gasteiger partial charge in [0.2, 0.25) is 17.8 Å². The Kier molecular flexibility index (Phi) is 8.52. The third kappa shape index (κ3) is 6.82. The molecule has 5 rings (SSSR count). The topological polar surface area (TPSA) is 91.5 Å². The van der Waals surface area contributed by atoms with Crippen molar-refractivity contribution in [3.8, 4) is 0 Å². The number of nitrogens with one attached hydrogen (secondary N) is 2. The fourth-order valence-electron chi connectivity index (χ4n) is 4.18. The van der Waals surface area contributed by atoms with Gasteiger partial charge in [-0.3, -0.25) is 0 Å². The van der Waals surface area contributed by atoms with E-state index in [0.29, 0.717) is 29.5 Å². The number of hydrogen-bond acceptors (Lipinski definition) is 8. The molecule has 8 nitrogen and oxygen atoms in total. The van der Waals surface area contributed by atoms with E-state index in [0.717, 1.165) is 38.0 Å². The molecule has 0 spiro atoms. The molecule has 2 aromatic carbocycles. The zero-order chi connectivity index (χ0) is 23.9. The first kappa shape index (κ1) is 25.2. The predicted molar refractivity (Wildman–Crippen MR) is 147 cm³/mol. The van der Waals surface area contributed by atoms with E-state index in [2.05, 4.69) is 80.1 Å². The van der Waals surface area contributed by atoms with Crippen molar-refractivity contribution in [2.24, 2.45) is 11.0 Å². The lowest BCUT2D eigenvalue weighted by Crippen LogP contribution is -2.35. The molecule has 0 amide bonds. The Morgan fingerprint density at radius 2 is 1.69 bits per heavy atom. The summed E-state index contributed by atoms with van der Waals surface area (Å²) in [5.74, 6) is 2.80. The average molecular weight is 504 g/mol. The van der Waals surface area contributed by atoms with Crippen molar-refractivity contribution >= 4 is 42.2 Å². The molecular formula is C27H30ClN7O. The number of rotatable bonds is 8. The van der Waals surface area contributed by atoms with Crippen LogP contribution < -0.4 is 15.6 Å². The standard InChI is InChI=1S/C27H29N7O.ClH/c1-20-9-11-23(12-10-20)29-25-30-26(33-28-19-24-8-5-17-35-24)32-27(31-25)34-15-13-22(14-16-34)18-21-6-3-2-4-7-21;/h2-12,17,19,22H,13-16,18H2,1H3,(H2,29,30,31,32,33);1H. The maximum atomic E-state index is 5.29. The second-order valence-corrected chi connectivity index (χ2v) is 8.78. The molecule has 1 aliphatic heterocycles. The Labute approximate surface area is 217 Å². The quantitative estimate of drug-likeness (QED) is 0.230. The van der Waals surface area contributed by atoms with Gasteiger partial charge in [0, 0.05) is 18.8 Å². The molecule has 1 fully saturated rings. The van der Waals surface area contributed by atoms with Crippen LogP contribution in [0.4, 0.5) is 23.5 Å². The normalized spacial score (nSPS) is 14.0. The van der Waals surface area contributed by atoms with Crippen molar-refractivity contribution in [3.63, 3.8) is 0 Å². The fraction of sp³-hybridized carbons (Fsp3) is 0.259. The zero-order valence-electron chi connectivity index (χ0n) is 20.2. The highest BCUT2D eigenvalue weighted by atomic mass is 35.5. The number of benzene rings is 2. The summed E-state index contributed by atoms with van der Waals surface area (Å²) < 4.78 is 5.29. The molecule has 0 radical (unpaired) electrons. The van der Waals surface area contributed by atoms with E-state index >= 15 is 0 Å². The molecule has 0 aliphatic carbocycles. The second kappa shape index (κ2) is 12.2. The third-order valence-electron chi connectivity index (χ3n) is 6.10. The Balaban J connectivity index is 0.00000304. The lowest BCUT2D eigenvalue weighted by Gasteiger charge is -2.32. The van der Waals surface area contributed by atoms with Gasteiger partial charge in [0.25, 0.3) is 0 Å². The van der Waals surface area contributed by atoms with Gasteiger partial charge in [0.15, 0.2) is 0 Å². The Morgan fingerprint density at radius 1 is 0.944 bits per heavy atom. The van der Waals surface area contributed by atoms with Crippen LogP contribution in [-0.4, -0.2) is 34.3 Å². The van der Waals surface area contributed by atoms with Crippen LogP contribution in [0.2, 0.25) is 0 Å². The van der Waals surface area contributed by atoms with Crippen LogP contribution >= 0.6 is 12.4 Å². The summed E-state index contributed by atoms with van der Waals surface area (Å²) in [6, 6.07) is 22.5. The smallest absolute Gasteiger partial charge is 0.250 e. The molecule has 9 heteroatoms. The van der Waals surface area contributed by atoms with Gasteiger partial charge in [-0.1, -0.05) is 48.0 Å². The maximum absolute atomic E-state index is 5.29. The van der Waals surface area contributed by atoms with Crippen LogP contribution in [0.3, 0.4) is 0 Å². The van der Waals surface area contributed by atoms with Gasteiger partial charge in [-0.05, 0) is 61.9 Å². The van der Waals surface area contributed by atoms with E-state index in [1.54, 1.807) is 12.5 Å². The van der Waals surface area contributed by atoms with Crippen molar-refractivity contribution in [1.82, 2.24) is 15.0 Å². The van der Waals surface area contributed by atoms with Crippen molar-refractivity contribution in [2.45, 2.75) is 26.2 Å². The van der Waals surface area contributed by atoms with Crippen LogP contribution in [0.25, 0.3) is 0 Å². The summed E-state index contributed by atoms with van der Waals surface area (Å²) in [6.45, 7) is 3.87. The molecule has 0 bridgehead atoms. The van der Waals surface area contributed by atoms with E-state index in [9.17, 15) is 0 Å². The molecular weight excluding hydrogens is 474 g/mol. The lowest BCUT2D eigenvalue weighted by atomic mass is 9.90. The van der Waals surface area contributed by atoms with Gasteiger partial charge >= 0.3 is 0 Å². The van der Waals surface area contributed by atoms with Crippen molar-refractivity contribution in [1.29, 1.82) is 0 Å². The lowest BCUT2D eigenvalue weighted by molar-refractivity contribution is 0.400. The van der Waals surface area contributed by atoms with Gasteiger partial charge in [0.1, 0.15) is 5.76 Å². The van der Waals surface area contributed by atoms with Gasteiger partial charge in [-0.25, -0.2) is 5.43 Å². The number of piperidine rings is 1. The summed E-state index contributed by atoms with van der Waals surface area (Å²) in [5.41, 5.74) is 6.43. The van der Waals surface area contributed by atoms with Crippen molar-refractivity contribution in [2.75, 3.05) is 28.7 Å². The zero-order valence-corrected chi connectivity index (χ0v) is 21.0. The number of halogens is 1. The molecule has 2 aromatic heterocycles. The van der Waals surface area contributed by atoms with E-state index in [1.165, 1.54) is 11.1 Å². The van der Waals surface area contributed by atoms with Gasteiger partial charge in [0.05, 0.1) is 12.5 Å². The number of aromatic nitrogens is 3. The van der Waals surface area contributed by atoms with E-state index in [4.69, 9.17) is 9.40 Å². The first-order valence-electron chi connectivity index (χ1n) is 11.9. The number of anilines is 4. The van der Waals surface area contributed by atoms with Crippen LogP contribution in [0.5, 0.6) is 0 Å². The highest BCUT2D eigenvalue weighted by molar-refractivity contribution is 5.85. The first-order valence-corrected chi connectivity index (χ1v) is 11.9. The maximum Gasteiger partial charge on any atom is 0.250 e. The van der Waals surface area contributed by atoms with Gasteiger partial charge < -0.3 is 14.6 Å². The summed E-state index contributed by atoms with van der Waals surface area (Å²) in [7, 11) is 0. The van der Waals surface area contributed by atoms with Crippen molar-refractivity contribution in [3.05, 3.63) is 89.9 Å². The van der Waals surface area contributed by atoms with Gasteiger partial charge in [-0.2, -0.15) is 20.1 Å². The van der Waals surface area contributed by atoms with Crippen molar-refractivity contribution < 1.29 is 4.42 Å². The number of hydrogen-bond donors (Lipinski definition) is 2. The monoisotopic (exact) mass is 503 g/mol. The molecule has 4 aromatic rings. The minimum absolute atomic E-state index is 0. The number of nitrogens with zero attached hydrogens (tertiary/aromatic N) is 5. The Morgan fingerprint density at radius 3 is 2.42 bits per heavy atom. The highest BCUT2D eigenvalue weighted by Gasteiger charge is 2.22. The average Bonchev–Trinajstić information content (AvgIpc) is 3.40. The minimum Gasteiger partial charge on any atom is -0.463 e. The summed E-state index contributed by atoms with van der Waals surface area (Å²) in [6.07, 6.45) is 6.50. The fourth-order valence-corrected chi connectivity index (χ4v) is 4.18. The summed E-state index contributed by atoms with van der Waals surface area (Å²) in [4.78, 5) is 16.1. The minimum atomic E-state index is 0. The molecule has 0 unspecified atom stereocenters. The Hall–Kier alpha value is -3.91. The Bertz CT molecular complexity index is 1240. The predicted octanol–water partition coefficient (Wildman–Crippen LogP) is 5.84. The molecule has 0 atom stereocenters. The molecule has 186 valence electrons. The summed E-state index contributed by atoms with van der Waals surface area (Å²) >= 11 is 0. The van der Waals surface area contributed by atoms with Crippen LogP contribution in [0.15, 0.2) is 82.5 Å². The highest BCUT2D eigenvalue weighted by Crippen LogP contribution is 2.25. The van der Waals surface area contributed by atoms with Crippen LogP contribution in [0, 0.1) is 12.8 Å². The molecule has 1 saturated heterocycles. The molecule has 1 aliphatic rings. The van der Waals surface area contributed by atoms with E-state index in [-0.39, 0.29) is 12.4 Å². The number of aryl methyl sites for hydroxylation is 1. The molecule has 36 heavy (non-hydrogen) atoms. The van der Waals surface area contributed by atoms with Gasteiger partial charge in [-0.15, -0.1) is 12.4 Å². The van der Waals surface area contributed by atoms with E-state index in [1.807, 2.05) is 24.3 Å². The van der Waals surface area contributed by atoms with E-state index < -0.39 is 0 Å². The molecule has 0 saturated carbocycles. The summed E-state index contributed by atoms with van der Waals surface area (Å²) in [5, 5.41) is 7.52. The first-order chi connectivity index (χ1) is 17.2. The van der Waals surface area contributed by atoms with Crippen LogP contribution in [0.1, 0.15) is 29.7 Å². The number of hydrazone groups is 1. The number of furan rings is 1. The molecule has 3 heterocycles. The third-order valence-corrected chi connectivity index (χ3v) is 6.10. The largest absolute Gasteiger partial charge is 0.463 e.